The summed E-state index contributed by atoms with van der Waals surface area (Å²) < 4.78 is 0. The van der Waals surface area contributed by atoms with Gasteiger partial charge in [-0.25, -0.2) is 0 Å². The normalized spacial score (nSPS) is 11.1. The van der Waals surface area contributed by atoms with Crippen molar-refractivity contribution in [3.05, 3.63) is 107 Å². The summed E-state index contributed by atoms with van der Waals surface area (Å²) in [7, 11) is 0. The van der Waals surface area contributed by atoms with E-state index in [1.54, 1.807) is 0 Å². The molecule has 0 saturated heterocycles. The van der Waals surface area contributed by atoms with E-state index in [4.69, 9.17) is 0 Å². The van der Waals surface area contributed by atoms with Gasteiger partial charge in [0, 0.05) is 22.2 Å². The molecule has 0 fully saturated rings. The van der Waals surface area contributed by atoms with Crippen LogP contribution >= 0.6 is 0 Å². The van der Waals surface area contributed by atoms with Gasteiger partial charge < -0.3 is 10.3 Å². The van der Waals surface area contributed by atoms with Gasteiger partial charge in [0.25, 0.3) is 5.91 Å². The molecule has 3 heteroatoms. The maximum Gasteiger partial charge on any atom is 0.252 e. The van der Waals surface area contributed by atoms with E-state index >= 15 is 0 Å². The van der Waals surface area contributed by atoms with E-state index in [0.717, 1.165) is 27.7 Å². The summed E-state index contributed by atoms with van der Waals surface area (Å²) >= 11 is 0. The Morgan fingerprint density at radius 1 is 0.852 bits per heavy atom. The van der Waals surface area contributed by atoms with Gasteiger partial charge in [-0.15, -0.1) is 0 Å². The monoisotopic (exact) mass is 354 g/mol. The lowest BCUT2D eigenvalue weighted by atomic mass is 9.98. The van der Waals surface area contributed by atoms with Gasteiger partial charge in [0.05, 0.1) is 6.04 Å². The van der Waals surface area contributed by atoms with Crippen LogP contribution in [0.1, 0.15) is 38.8 Å². The summed E-state index contributed by atoms with van der Waals surface area (Å²) in [4.78, 5) is 16.4. The van der Waals surface area contributed by atoms with Gasteiger partial charge in [0.2, 0.25) is 0 Å². The van der Waals surface area contributed by atoms with Crippen molar-refractivity contribution in [2.45, 2.75) is 19.9 Å². The van der Waals surface area contributed by atoms with Crippen molar-refractivity contribution in [1.82, 2.24) is 10.3 Å². The molecule has 0 unspecified atom stereocenters. The number of rotatable bonds is 4. The average molecular weight is 354 g/mol. The summed E-state index contributed by atoms with van der Waals surface area (Å²) in [5, 5.41) is 4.30. The number of nitrogens with one attached hydrogen (secondary N) is 2. The number of carbonyl (C=O) groups is 1. The molecule has 0 saturated carbocycles. The first-order valence-corrected chi connectivity index (χ1v) is 9.13. The fourth-order valence-corrected chi connectivity index (χ4v) is 3.47. The molecule has 0 atom stereocenters. The lowest BCUT2D eigenvalue weighted by molar-refractivity contribution is 0.0943. The molecule has 4 rings (SSSR count). The Bertz CT molecular complexity index is 1040. The highest BCUT2D eigenvalue weighted by Crippen LogP contribution is 2.25. The van der Waals surface area contributed by atoms with Crippen LogP contribution in [-0.4, -0.2) is 10.9 Å². The second-order valence-corrected chi connectivity index (χ2v) is 6.86. The first kappa shape index (κ1) is 17.1. The molecule has 0 aliphatic carbocycles. The van der Waals surface area contributed by atoms with Gasteiger partial charge in [-0.3, -0.25) is 4.79 Å². The molecule has 0 spiro atoms. The third-order valence-corrected chi connectivity index (χ3v) is 5.11. The second kappa shape index (κ2) is 7.12. The number of fused-ring (bicyclic) bond motifs is 1. The molecular formula is C24H22N2O. The molecule has 1 aromatic heterocycles. The van der Waals surface area contributed by atoms with Crippen molar-refractivity contribution in [1.29, 1.82) is 0 Å². The molecular weight excluding hydrogens is 332 g/mol. The van der Waals surface area contributed by atoms with Gasteiger partial charge in [-0.2, -0.15) is 0 Å². The van der Waals surface area contributed by atoms with Crippen LogP contribution in [0.15, 0.2) is 78.9 Å². The summed E-state index contributed by atoms with van der Waals surface area (Å²) in [5.41, 5.74) is 6.17. The Balaban J connectivity index is 1.69. The van der Waals surface area contributed by atoms with Gasteiger partial charge >= 0.3 is 0 Å². The number of hydrogen-bond acceptors (Lipinski definition) is 1. The third kappa shape index (κ3) is 3.36. The molecule has 4 aromatic rings. The molecule has 1 amide bonds. The molecule has 3 aromatic carbocycles. The standard InChI is InChI=1S/C24H22N2O/c1-16-17(2)25-22-14-13-20(15-21(16)22)24(27)26-23(18-9-5-3-6-10-18)19-11-7-4-8-12-19/h3-15,23,25H,1-2H3,(H,26,27). The van der Waals surface area contributed by atoms with E-state index in [2.05, 4.69) is 24.1 Å². The number of carbonyl (C=O) groups excluding carboxylic acids is 1. The SMILES string of the molecule is Cc1[nH]c2ccc(C(=O)NC(c3ccccc3)c3ccccc3)cc2c1C. The van der Waals surface area contributed by atoms with Gasteiger partial charge in [-0.05, 0) is 48.7 Å². The lowest BCUT2D eigenvalue weighted by Gasteiger charge is -2.20. The molecule has 134 valence electrons. The van der Waals surface area contributed by atoms with E-state index < -0.39 is 0 Å². The Labute approximate surface area is 159 Å². The van der Waals surface area contributed by atoms with Crippen molar-refractivity contribution in [2.24, 2.45) is 0 Å². The third-order valence-electron chi connectivity index (χ3n) is 5.11. The number of amides is 1. The number of hydrogen-bond donors (Lipinski definition) is 2. The number of H-pyrrole nitrogens is 1. The molecule has 3 nitrogen and oxygen atoms in total. The van der Waals surface area contributed by atoms with Gasteiger partial charge in [0.1, 0.15) is 0 Å². The zero-order valence-corrected chi connectivity index (χ0v) is 15.5. The highest BCUT2D eigenvalue weighted by atomic mass is 16.1. The zero-order valence-electron chi connectivity index (χ0n) is 15.5. The Morgan fingerprint density at radius 2 is 1.44 bits per heavy atom. The summed E-state index contributed by atoms with van der Waals surface area (Å²) in [6, 6.07) is 25.8. The van der Waals surface area contributed by atoms with Crippen LogP contribution in [-0.2, 0) is 0 Å². The Morgan fingerprint density at radius 3 is 2.04 bits per heavy atom. The molecule has 0 aliphatic heterocycles. The average Bonchev–Trinajstić information content (AvgIpc) is 3.00. The van der Waals surface area contributed by atoms with Crippen LogP contribution in [0, 0.1) is 13.8 Å². The fourth-order valence-electron chi connectivity index (χ4n) is 3.47. The van der Waals surface area contributed by atoms with E-state index in [-0.39, 0.29) is 11.9 Å². The molecule has 0 aliphatic rings. The Hall–Kier alpha value is -3.33. The summed E-state index contributed by atoms with van der Waals surface area (Å²) in [5.74, 6) is -0.0761. The van der Waals surface area contributed by atoms with E-state index in [9.17, 15) is 4.79 Å². The van der Waals surface area contributed by atoms with Crippen molar-refractivity contribution in [3.8, 4) is 0 Å². The minimum atomic E-state index is -0.190. The molecule has 2 N–H and O–H groups in total. The van der Waals surface area contributed by atoms with Gasteiger partial charge in [-0.1, -0.05) is 60.7 Å². The van der Waals surface area contributed by atoms with Crippen LogP contribution in [0.25, 0.3) is 10.9 Å². The molecule has 0 bridgehead atoms. The van der Waals surface area contributed by atoms with E-state index in [1.165, 1.54) is 5.56 Å². The highest BCUT2D eigenvalue weighted by molar-refractivity contribution is 5.99. The second-order valence-electron chi connectivity index (χ2n) is 6.86. The lowest BCUT2D eigenvalue weighted by Crippen LogP contribution is -2.29. The maximum atomic E-state index is 13.0. The number of aromatic nitrogens is 1. The molecule has 27 heavy (non-hydrogen) atoms. The Kier molecular flexibility index (Phi) is 4.51. The minimum absolute atomic E-state index is 0.0761. The van der Waals surface area contributed by atoms with E-state index in [1.807, 2.05) is 78.9 Å². The fraction of sp³-hybridized carbons (Fsp3) is 0.125. The number of aromatic amines is 1. The smallest absolute Gasteiger partial charge is 0.252 e. The maximum absolute atomic E-state index is 13.0. The molecule has 1 heterocycles. The van der Waals surface area contributed by atoms with Crippen LogP contribution in [0.2, 0.25) is 0 Å². The van der Waals surface area contributed by atoms with Crippen molar-refractivity contribution >= 4 is 16.8 Å². The van der Waals surface area contributed by atoms with Crippen molar-refractivity contribution < 1.29 is 4.79 Å². The van der Waals surface area contributed by atoms with Crippen molar-refractivity contribution in [2.75, 3.05) is 0 Å². The van der Waals surface area contributed by atoms with Crippen LogP contribution in [0.3, 0.4) is 0 Å². The minimum Gasteiger partial charge on any atom is -0.358 e. The van der Waals surface area contributed by atoms with Gasteiger partial charge in [0.15, 0.2) is 0 Å². The first-order chi connectivity index (χ1) is 13.1. The number of aryl methyl sites for hydroxylation is 2. The molecule has 0 radical (unpaired) electrons. The highest BCUT2D eigenvalue weighted by Gasteiger charge is 2.18. The van der Waals surface area contributed by atoms with Crippen LogP contribution in [0.5, 0.6) is 0 Å². The van der Waals surface area contributed by atoms with Crippen LogP contribution in [0.4, 0.5) is 0 Å². The first-order valence-electron chi connectivity index (χ1n) is 9.13. The predicted molar refractivity (Wildman–Crippen MR) is 110 cm³/mol. The largest absolute Gasteiger partial charge is 0.358 e. The quantitative estimate of drug-likeness (QED) is 0.513. The predicted octanol–water partition coefficient (Wildman–Crippen LogP) is 5.30. The van der Waals surface area contributed by atoms with Crippen molar-refractivity contribution in [3.63, 3.8) is 0 Å². The van der Waals surface area contributed by atoms with E-state index in [0.29, 0.717) is 5.56 Å². The number of benzene rings is 3. The zero-order chi connectivity index (χ0) is 18.8. The van der Waals surface area contributed by atoms with Crippen LogP contribution < -0.4 is 5.32 Å². The topological polar surface area (TPSA) is 44.9 Å². The summed E-state index contributed by atoms with van der Waals surface area (Å²) in [6.45, 7) is 4.13. The summed E-state index contributed by atoms with van der Waals surface area (Å²) in [6.07, 6.45) is 0.